The highest BCUT2D eigenvalue weighted by Crippen LogP contribution is 2.14. The van der Waals surface area contributed by atoms with E-state index in [9.17, 15) is 9.59 Å². The van der Waals surface area contributed by atoms with Crippen molar-refractivity contribution in [3.8, 4) is 5.69 Å². The first-order valence-corrected chi connectivity index (χ1v) is 9.46. The number of aromatic nitrogens is 4. The van der Waals surface area contributed by atoms with Crippen LogP contribution in [-0.4, -0.2) is 25.4 Å². The standard InChI is InChI=1S/C20H25N5O3/c1-4-9-16-21-18(28-23-16)13-8-12-17(26)22-19-14(2)24(3)25(20(19)27)15-10-6-5-7-11-15/h5-7,10-11H,4,8-9,12-13H2,1-3H3,(H,22,26). The Morgan fingerprint density at radius 3 is 2.68 bits per heavy atom. The van der Waals surface area contributed by atoms with Crippen LogP contribution >= 0.6 is 0 Å². The van der Waals surface area contributed by atoms with Gasteiger partial charge in [0.2, 0.25) is 11.8 Å². The van der Waals surface area contributed by atoms with Gasteiger partial charge in [-0.1, -0.05) is 30.3 Å². The lowest BCUT2D eigenvalue weighted by Crippen LogP contribution is -2.22. The van der Waals surface area contributed by atoms with Crippen molar-refractivity contribution >= 4 is 11.6 Å². The summed E-state index contributed by atoms with van der Waals surface area (Å²) in [5.74, 6) is 1.03. The van der Waals surface area contributed by atoms with Gasteiger partial charge in [-0.2, -0.15) is 4.98 Å². The summed E-state index contributed by atoms with van der Waals surface area (Å²) in [6, 6.07) is 9.33. The zero-order valence-corrected chi connectivity index (χ0v) is 16.4. The number of anilines is 1. The summed E-state index contributed by atoms with van der Waals surface area (Å²) in [7, 11) is 1.79. The van der Waals surface area contributed by atoms with E-state index in [-0.39, 0.29) is 17.9 Å². The maximum atomic E-state index is 12.8. The summed E-state index contributed by atoms with van der Waals surface area (Å²) in [5.41, 5.74) is 1.50. The third-order valence-corrected chi connectivity index (χ3v) is 4.60. The summed E-state index contributed by atoms with van der Waals surface area (Å²) in [6.45, 7) is 3.86. The lowest BCUT2D eigenvalue weighted by Gasteiger charge is -2.07. The number of hydrogen-bond donors (Lipinski definition) is 1. The average molecular weight is 383 g/mol. The molecule has 28 heavy (non-hydrogen) atoms. The molecule has 0 aliphatic carbocycles. The molecule has 0 aliphatic rings. The predicted octanol–water partition coefficient (Wildman–Crippen LogP) is 2.78. The number of carbonyl (C=O) groups excluding carboxylic acids is 1. The highest BCUT2D eigenvalue weighted by Gasteiger charge is 2.18. The molecular weight excluding hydrogens is 358 g/mol. The van der Waals surface area contributed by atoms with Crippen LogP contribution in [0.3, 0.4) is 0 Å². The fourth-order valence-corrected chi connectivity index (χ4v) is 3.03. The quantitative estimate of drug-likeness (QED) is 0.645. The average Bonchev–Trinajstić information content (AvgIpc) is 3.21. The van der Waals surface area contributed by atoms with Gasteiger partial charge in [0.05, 0.1) is 11.4 Å². The minimum atomic E-state index is -0.249. The van der Waals surface area contributed by atoms with Crippen molar-refractivity contribution in [1.29, 1.82) is 0 Å². The molecule has 148 valence electrons. The van der Waals surface area contributed by atoms with E-state index in [0.717, 1.165) is 18.5 Å². The normalized spacial score (nSPS) is 11.0. The van der Waals surface area contributed by atoms with Gasteiger partial charge in [-0.3, -0.25) is 14.3 Å². The van der Waals surface area contributed by atoms with Crippen molar-refractivity contribution in [2.45, 2.75) is 46.0 Å². The Morgan fingerprint density at radius 1 is 1.21 bits per heavy atom. The van der Waals surface area contributed by atoms with Crippen LogP contribution in [0, 0.1) is 6.92 Å². The number of amides is 1. The van der Waals surface area contributed by atoms with Gasteiger partial charge >= 0.3 is 0 Å². The van der Waals surface area contributed by atoms with Gasteiger partial charge in [0.15, 0.2) is 5.82 Å². The second kappa shape index (κ2) is 8.69. The second-order valence-corrected chi connectivity index (χ2v) is 6.69. The van der Waals surface area contributed by atoms with Crippen molar-refractivity contribution in [3.63, 3.8) is 0 Å². The summed E-state index contributed by atoms with van der Waals surface area (Å²) in [6.07, 6.45) is 3.11. The van der Waals surface area contributed by atoms with Crippen LogP contribution in [0.25, 0.3) is 5.69 Å². The Labute approximate surface area is 163 Å². The molecule has 1 amide bonds. The largest absolute Gasteiger partial charge is 0.339 e. The third kappa shape index (κ3) is 4.21. The molecule has 3 rings (SSSR count). The molecule has 0 aliphatic heterocycles. The van der Waals surface area contributed by atoms with Crippen molar-refractivity contribution < 1.29 is 9.32 Å². The number of hydrogen-bond acceptors (Lipinski definition) is 5. The van der Waals surface area contributed by atoms with Gasteiger partial charge in [0.25, 0.3) is 5.56 Å². The van der Waals surface area contributed by atoms with E-state index in [4.69, 9.17) is 4.52 Å². The van der Waals surface area contributed by atoms with Crippen LogP contribution in [0.15, 0.2) is 39.6 Å². The van der Waals surface area contributed by atoms with Gasteiger partial charge in [0, 0.05) is 26.3 Å². The zero-order valence-electron chi connectivity index (χ0n) is 16.4. The van der Waals surface area contributed by atoms with E-state index in [2.05, 4.69) is 22.4 Å². The first-order valence-electron chi connectivity index (χ1n) is 9.46. The predicted molar refractivity (Wildman–Crippen MR) is 106 cm³/mol. The first-order chi connectivity index (χ1) is 13.5. The van der Waals surface area contributed by atoms with Crippen LogP contribution in [0.4, 0.5) is 5.69 Å². The Balaban J connectivity index is 1.63. The molecule has 0 spiro atoms. The van der Waals surface area contributed by atoms with E-state index in [0.29, 0.717) is 35.9 Å². The monoisotopic (exact) mass is 383 g/mol. The Kier molecular flexibility index (Phi) is 6.08. The fourth-order valence-electron chi connectivity index (χ4n) is 3.03. The number of nitrogens with one attached hydrogen (secondary N) is 1. The van der Waals surface area contributed by atoms with Gasteiger partial charge in [0.1, 0.15) is 5.69 Å². The zero-order chi connectivity index (χ0) is 20.1. The smallest absolute Gasteiger partial charge is 0.295 e. The van der Waals surface area contributed by atoms with Crippen LogP contribution < -0.4 is 10.9 Å². The van der Waals surface area contributed by atoms with E-state index in [1.807, 2.05) is 37.3 Å². The minimum Gasteiger partial charge on any atom is -0.339 e. The van der Waals surface area contributed by atoms with E-state index < -0.39 is 0 Å². The summed E-state index contributed by atoms with van der Waals surface area (Å²) < 4.78 is 8.45. The molecule has 0 unspecified atom stereocenters. The lowest BCUT2D eigenvalue weighted by molar-refractivity contribution is -0.116. The Hall–Kier alpha value is -3.16. The van der Waals surface area contributed by atoms with Crippen molar-refractivity contribution in [2.75, 3.05) is 5.32 Å². The number of rotatable bonds is 8. The molecule has 3 aromatic rings. The highest BCUT2D eigenvalue weighted by molar-refractivity contribution is 5.91. The first kappa shape index (κ1) is 19.6. The molecule has 2 heterocycles. The molecule has 0 saturated carbocycles. The summed E-state index contributed by atoms with van der Waals surface area (Å²) >= 11 is 0. The van der Waals surface area contributed by atoms with Gasteiger partial charge in [-0.05, 0) is 31.9 Å². The minimum absolute atomic E-state index is 0.209. The molecule has 8 heteroatoms. The van der Waals surface area contributed by atoms with Gasteiger partial charge < -0.3 is 9.84 Å². The van der Waals surface area contributed by atoms with Crippen molar-refractivity contribution in [3.05, 3.63) is 58.1 Å². The van der Waals surface area contributed by atoms with Crippen LogP contribution in [0.5, 0.6) is 0 Å². The maximum absolute atomic E-state index is 12.8. The van der Waals surface area contributed by atoms with E-state index in [1.165, 1.54) is 0 Å². The molecule has 0 radical (unpaired) electrons. The molecule has 0 atom stereocenters. The van der Waals surface area contributed by atoms with Gasteiger partial charge in [-0.15, -0.1) is 0 Å². The third-order valence-electron chi connectivity index (χ3n) is 4.60. The van der Waals surface area contributed by atoms with Crippen LogP contribution in [-0.2, 0) is 24.7 Å². The number of benzene rings is 1. The second-order valence-electron chi connectivity index (χ2n) is 6.69. The number of nitrogens with zero attached hydrogens (tertiary/aromatic N) is 4. The molecule has 0 bridgehead atoms. The molecule has 1 N–H and O–H groups in total. The summed E-state index contributed by atoms with van der Waals surface area (Å²) in [4.78, 5) is 29.4. The molecule has 2 aromatic heterocycles. The number of carbonyl (C=O) groups is 1. The number of para-hydroxylation sites is 1. The molecular formula is C20H25N5O3. The Morgan fingerprint density at radius 2 is 1.96 bits per heavy atom. The molecule has 8 nitrogen and oxygen atoms in total. The van der Waals surface area contributed by atoms with Crippen molar-refractivity contribution in [1.82, 2.24) is 19.5 Å². The Bertz CT molecular complexity index is 1000. The fraction of sp³-hybridized carbons (Fsp3) is 0.400. The van der Waals surface area contributed by atoms with Crippen LogP contribution in [0.1, 0.15) is 43.6 Å². The van der Waals surface area contributed by atoms with Gasteiger partial charge in [-0.25, -0.2) is 4.68 Å². The topological polar surface area (TPSA) is 95.0 Å². The highest BCUT2D eigenvalue weighted by atomic mass is 16.5. The summed E-state index contributed by atoms with van der Waals surface area (Å²) in [5, 5.41) is 6.66. The maximum Gasteiger partial charge on any atom is 0.295 e. The molecule has 0 fully saturated rings. The number of aryl methyl sites for hydroxylation is 2. The SMILES string of the molecule is CCCc1noc(CCCC(=O)Nc2c(C)n(C)n(-c3ccccc3)c2=O)n1. The van der Waals surface area contributed by atoms with Crippen molar-refractivity contribution in [2.24, 2.45) is 7.05 Å². The van der Waals surface area contributed by atoms with E-state index >= 15 is 0 Å². The molecule has 1 aromatic carbocycles. The molecule has 0 saturated heterocycles. The van der Waals surface area contributed by atoms with E-state index in [1.54, 1.807) is 16.4 Å². The van der Waals surface area contributed by atoms with Crippen LogP contribution in [0.2, 0.25) is 0 Å². The lowest BCUT2D eigenvalue weighted by atomic mass is 10.2.